The number of rotatable bonds is 3. The predicted molar refractivity (Wildman–Crippen MR) is 66.6 cm³/mol. The van der Waals surface area contributed by atoms with Crippen LogP contribution in [0.4, 0.5) is 0 Å². The number of hydrogen-bond donors (Lipinski definition) is 1. The normalized spacial score (nSPS) is 23.1. The molecule has 0 aliphatic carbocycles. The zero-order valence-electron chi connectivity index (χ0n) is 9.83. The van der Waals surface area contributed by atoms with Crippen LogP contribution in [0.1, 0.15) is 12.0 Å². The van der Waals surface area contributed by atoms with E-state index >= 15 is 0 Å². The van der Waals surface area contributed by atoms with Gasteiger partial charge < -0.3 is 5.11 Å². The summed E-state index contributed by atoms with van der Waals surface area (Å²) in [5, 5.41) is 9.66. The van der Waals surface area contributed by atoms with Crippen molar-refractivity contribution in [2.45, 2.75) is 19.0 Å². The molecule has 0 radical (unpaired) electrons. The molecule has 0 saturated carbocycles. The number of sulfone groups is 1. The number of benzene rings is 1. The van der Waals surface area contributed by atoms with Gasteiger partial charge in [0.15, 0.2) is 9.84 Å². The lowest BCUT2D eigenvalue weighted by Crippen LogP contribution is -2.32. The van der Waals surface area contributed by atoms with Gasteiger partial charge in [-0.05, 0) is 19.5 Å². The van der Waals surface area contributed by atoms with Crippen molar-refractivity contribution in [3.8, 4) is 5.75 Å². The molecule has 1 aliphatic rings. The van der Waals surface area contributed by atoms with Crippen molar-refractivity contribution in [3.63, 3.8) is 0 Å². The third-order valence-electron chi connectivity index (χ3n) is 3.24. The second kappa shape index (κ2) is 4.66. The maximum atomic E-state index is 11.4. The van der Waals surface area contributed by atoms with Crippen LogP contribution in [0.3, 0.4) is 0 Å². The van der Waals surface area contributed by atoms with Crippen molar-refractivity contribution in [1.29, 1.82) is 0 Å². The number of aromatic hydroxyl groups is 1. The van der Waals surface area contributed by atoms with E-state index in [0.29, 0.717) is 13.0 Å². The van der Waals surface area contributed by atoms with Crippen LogP contribution in [-0.2, 0) is 16.4 Å². The van der Waals surface area contributed by atoms with E-state index in [1.54, 1.807) is 12.1 Å². The van der Waals surface area contributed by atoms with Crippen molar-refractivity contribution in [2.24, 2.45) is 0 Å². The second-order valence-corrected chi connectivity index (χ2v) is 6.83. The van der Waals surface area contributed by atoms with Gasteiger partial charge in [-0.2, -0.15) is 0 Å². The number of para-hydroxylation sites is 1. The molecule has 1 aromatic rings. The molecule has 17 heavy (non-hydrogen) atoms. The Morgan fingerprint density at radius 1 is 1.41 bits per heavy atom. The van der Waals surface area contributed by atoms with Crippen LogP contribution in [0.5, 0.6) is 5.75 Å². The molecule has 1 aliphatic heterocycles. The number of hydrogen-bond acceptors (Lipinski definition) is 4. The van der Waals surface area contributed by atoms with E-state index in [-0.39, 0.29) is 23.3 Å². The summed E-state index contributed by atoms with van der Waals surface area (Å²) in [6, 6.07) is 7.22. The molecule has 0 amide bonds. The first-order chi connectivity index (χ1) is 7.98. The van der Waals surface area contributed by atoms with E-state index in [1.807, 2.05) is 24.1 Å². The smallest absolute Gasteiger partial charge is 0.151 e. The Kier molecular flexibility index (Phi) is 3.40. The summed E-state index contributed by atoms with van der Waals surface area (Å²) in [5.41, 5.74) is 0.833. The Bertz CT molecular complexity index is 498. The number of nitrogens with zero attached hydrogens (tertiary/aromatic N) is 1. The molecule has 1 saturated heterocycles. The molecule has 1 aromatic carbocycles. The lowest BCUT2D eigenvalue weighted by atomic mass is 10.1. The quantitative estimate of drug-likeness (QED) is 0.876. The second-order valence-electron chi connectivity index (χ2n) is 4.60. The van der Waals surface area contributed by atoms with Crippen LogP contribution in [-0.4, -0.2) is 43.0 Å². The minimum atomic E-state index is -2.85. The van der Waals surface area contributed by atoms with E-state index < -0.39 is 9.84 Å². The van der Waals surface area contributed by atoms with Gasteiger partial charge in [-0.25, -0.2) is 8.42 Å². The molecule has 5 heteroatoms. The maximum Gasteiger partial charge on any atom is 0.151 e. The lowest BCUT2D eigenvalue weighted by Gasteiger charge is -2.23. The third-order valence-corrected chi connectivity index (χ3v) is 4.99. The fourth-order valence-corrected chi connectivity index (χ4v) is 3.97. The van der Waals surface area contributed by atoms with E-state index in [9.17, 15) is 13.5 Å². The van der Waals surface area contributed by atoms with E-state index in [0.717, 1.165) is 5.56 Å². The van der Waals surface area contributed by atoms with Gasteiger partial charge in [0.1, 0.15) is 5.75 Å². The van der Waals surface area contributed by atoms with Gasteiger partial charge in [0, 0.05) is 18.2 Å². The van der Waals surface area contributed by atoms with Crippen LogP contribution in [0.15, 0.2) is 24.3 Å². The molecule has 4 nitrogen and oxygen atoms in total. The molecule has 2 rings (SSSR count). The minimum absolute atomic E-state index is 0.0691. The molecule has 94 valence electrons. The van der Waals surface area contributed by atoms with Crippen LogP contribution < -0.4 is 0 Å². The molecule has 1 fully saturated rings. The van der Waals surface area contributed by atoms with Crippen LogP contribution in [0.2, 0.25) is 0 Å². The van der Waals surface area contributed by atoms with Gasteiger partial charge in [0.25, 0.3) is 0 Å². The highest BCUT2D eigenvalue weighted by atomic mass is 32.2. The highest BCUT2D eigenvalue weighted by Crippen LogP contribution is 2.22. The third kappa shape index (κ3) is 2.98. The average molecular weight is 255 g/mol. The number of phenols is 1. The van der Waals surface area contributed by atoms with E-state index in [1.165, 1.54) is 0 Å². The predicted octanol–water partition coefficient (Wildman–Crippen LogP) is 1.01. The highest BCUT2D eigenvalue weighted by molar-refractivity contribution is 7.91. The summed E-state index contributed by atoms with van der Waals surface area (Å²) in [4.78, 5) is 2.00. The van der Waals surface area contributed by atoms with Gasteiger partial charge in [-0.15, -0.1) is 0 Å². The zero-order chi connectivity index (χ0) is 12.5. The van der Waals surface area contributed by atoms with Crippen LogP contribution >= 0.6 is 0 Å². The standard InChI is InChI=1S/C12H17NO3S/c1-13(11-6-7-17(15,16)9-11)8-10-4-2-3-5-12(10)14/h2-5,11,14H,6-9H2,1H3. The summed E-state index contributed by atoms with van der Waals surface area (Å²) in [6.45, 7) is 0.576. The SMILES string of the molecule is CN(Cc1ccccc1O)C1CCS(=O)(=O)C1. The summed E-state index contributed by atoms with van der Waals surface area (Å²) < 4.78 is 22.8. The molecular weight excluding hydrogens is 238 g/mol. The molecule has 0 spiro atoms. The van der Waals surface area contributed by atoms with Crippen molar-refractivity contribution in [3.05, 3.63) is 29.8 Å². The van der Waals surface area contributed by atoms with E-state index in [4.69, 9.17) is 0 Å². The van der Waals surface area contributed by atoms with Gasteiger partial charge in [-0.3, -0.25) is 4.90 Å². The van der Waals surface area contributed by atoms with Crippen molar-refractivity contribution < 1.29 is 13.5 Å². The topological polar surface area (TPSA) is 57.6 Å². The zero-order valence-corrected chi connectivity index (χ0v) is 10.7. The molecule has 1 N–H and O–H groups in total. The first-order valence-corrected chi connectivity index (χ1v) is 7.47. The fraction of sp³-hybridized carbons (Fsp3) is 0.500. The van der Waals surface area contributed by atoms with Crippen LogP contribution in [0.25, 0.3) is 0 Å². The van der Waals surface area contributed by atoms with Gasteiger partial charge in [0.2, 0.25) is 0 Å². The fourth-order valence-electron chi connectivity index (χ4n) is 2.17. The largest absolute Gasteiger partial charge is 0.508 e. The average Bonchev–Trinajstić information content (AvgIpc) is 2.62. The summed E-state index contributed by atoms with van der Waals surface area (Å²) in [6.07, 6.45) is 0.687. The van der Waals surface area contributed by atoms with Crippen LogP contribution in [0, 0.1) is 0 Å². The summed E-state index contributed by atoms with van der Waals surface area (Å²) in [5.74, 6) is 0.778. The molecular formula is C12H17NO3S. The van der Waals surface area contributed by atoms with Crippen molar-refractivity contribution in [1.82, 2.24) is 4.90 Å². The van der Waals surface area contributed by atoms with Crippen molar-refractivity contribution >= 4 is 9.84 Å². The molecule has 1 heterocycles. The minimum Gasteiger partial charge on any atom is -0.508 e. The Morgan fingerprint density at radius 3 is 2.71 bits per heavy atom. The number of phenolic OH excluding ortho intramolecular Hbond substituents is 1. The Hall–Kier alpha value is -1.07. The van der Waals surface area contributed by atoms with E-state index in [2.05, 4.69) is 0 Å². The monoisotopic (exact) mass is 255 g/mol. The lowest BCUT2D eigenvalue weighted by molar-refractivity contribution is 0.250. The van der Waals surface area contributed by atoms with Gasteiger partial charge in [-0.1, -0.05) is 18.2 Å². The first kappa shape index (κ1) is 12.4. The first-order valence-electron chi connectivity index (χ1n) is 5.65. The maximum absolute atomic E-state index is 11.4. The summed E-state index contributed by atoms with van der Waals surface area (Å²) in [7, 11) is -0.946. The highest BCUT2D eigenvalue weighted by Gasteiger charge is 2.30. The van der Waals surface area contributed by atoms with Gasteiger partial charge in [0.05, 0.1) is 11.5 Å². The van der Waals surface area contributed by atoms with Crippen molar-refractivity contribution in [2.75, 3.05) is 18.6 Å². The Morgan fingerprint density at radius 2 is 2.12 bits per heavy atom. The summed E-state index contributed by atoms with van der Waals surface area (Å²) >= 11 is 0. The molecule has 0 bridgehead atoms. The van der Waals surface area contributed by atoms with Gasteiger partial charge >= 0.3 is 0 Å². The molecule has 0 aromatic heterocycles. The molecule has 1 atom stereocenters. The Balaban J connectivity index is 2.03. The Labute approximate surface area is 102 Å². The molecule has 1 unspecified atom stereocenters.